The summed E-state index contributed by atoms with van der Waals surface area (Å²) in [7, 11) is 2.09. The Kier molecular flexibility index (Phi) is 4.99. The third kappa shape index (κ3) is 3.74. The molecule has 5 atom stereocenters. The fraction of sp³-hybridized carbons (Fsp3) is 0.611. The van der Waals surface area contributed by atoms with Crippen molar-refractivity contribution in [3.8, 4) is 0 Å². The third-order valence-electron chi connectivity index (χ3n) is 4.96. The molecule has 0 radical (unpaired) electrons. The molecule has 5 nitrogen and oxygen atoms in total. The first-order valence-corrected chi connectivity index (χ1v) is 8.32. The molecular formula is C18H25NO4. The molecule has 0 aliphatic carbocycles. The number of carbonyl (C=O) groups excluding carboxylic acids is 1. The van der Waals surface area contributed by atoms with Gasteiger partial charge in [0.25, 0.3) is 0 Å². The van der Waals surface area contributed by atoms with Gasteiger partial charge in [0.2, 0.25) is 0 Å². The van der Waals surface area contributed by atoms with Crippen LogP contribution in [0.15, 0.2) is 30.3 Å². The Bertz CT molecular complexity index is 533. The smallest absolute Gasteiger partial charge is 0.316 e. The highest BCUT2D eigenvalue weighted by molar-refractivity contribution is 5.78. The summed E-state index contributed by atoms with van der Waals surface area (Å²) in [5.41, 5.74) is 0.795. The first-order valence-electron chi connectivity index (χ1n) is 8.32. The standard InChI is InChI=1S/C18H25NO4/c1-12-17(22-12)16-10-14(8-9-19(16)2)23-18(21)15(11-20)13-6-4-3-5-7-13/h3-7,12,14-17,20H,8-11H2,1-2H3/t12?,14-,15+,16?,17-/m0/s1. The molecule has 23 heavy (non-hydrogen) atoms. The van der Waals surface area contributed by atoms with E-state index in [-0.39, 0.29) is 24.8 Å². The highest BCUT2D eigenvalue weighted by Crippen LogP contribution is 2.33. The van der Waals surface area contributed by atoms with Crippen LogP contribution in [-0.2, 0) is 14.3 Å². The molecule has 5 heteroatoms. The summed E-state index contributed by atoms with van der Waals surface area (Å²) in [6.07, 6.45) is 2.07. The molecule has 2 aliphatic rings. The number of rotatable bonds is 5. The maximum Gasteiger partial charge on any atom is 0.316 e. The van der Waals surface area contributed by atoms with Gasteiger partial charge in [0.1, 0.15) is 12.0 Å². The van der Waals surface area contributed by atoms with Crippen LogP contribution < -0.4 is 0 Å². The van der Waals surface area contributed by atoms with E-state index in [1.54, 1.807) is 0 Å². The molecule has 0 amide bonds. The molecule has 0 aromatic heterocycles. The van der Waals surface area contributed by atoms with E-state index < -0.39 is 5.92 Å². The van der Waals surface area contributed by atoms with Crippen LogP contribution in [0.4, 0.5) is 0 Å². The molecule has 2 unspecified atom stereocenters. The molecule has 0 spiro atoms. The minimum absolute atomic E-state index is 0.0992. The highest BCUT2D eigenvalue weighted by atomic mass is 16.6. The van der Waals surface area contributed by atoms with Crippen molar-refractivity contribution in [3.63, 3.8) is 0 Å². The molecule has 2 saturated heterocycles. The SMILES string of the molecule is CC1O[C@@H]1C1C[C@@H](OC(=O)[C@H](CO)c2ccccc2)CCN1C. The average Bonchev–Trinajstić information content (AvgIpc) is 3.27. The molecule has 3 rings (SSSR count). The second-order valence-electron chi connectivity index (χ2n) is 6.58. The van der Waals surface area contributed by atoms with Crippen LogP contribution >= 0.6 is 0 Å². The first-order chi connectivity index (χ1) is 11.1. The normalized spacial score (nSPS) is 32.3. The molecule has 1 N–H and O–H groups in total. The maximum absolute atomic E-state index is 12.5. The summed E-state index contributed by atoms with van der Waals surface area (Å²) in [6.45, 7) is 2.73. The van der Waals surface area contributed by atoms with E-state index in [0.29, 0.717) is 12.1 Å². The van der Waals surface area contributed by atoms with Crippen LogP contribution in [-0.4, -0.2) is 60.5 Å². The zero-order valence-corrected chi connectivity index (χ0v) is 13.7. The Balaban J connectivity index is 1.60. The number of ether oxygens (including phenoxy) is 2. The first kappa shape index (κ1) is 16.4. The Hall–Kier alpha value is -1.43. The van der Waals surface area contributed by atoms with Gasteiger partial charge in [-0.2, -0.15) is 0 Å². The summed E-state index contributed by atoms with van der Waals surface area (Å²) in [4.78, 5) is 14.7. The van der Waals surface area contributed by atoms with Gasteiger partial charge < -0.3 is 19.5 Å². The number of carbonyl (C=O) groups is 1. The monoisotopic (exact) mass is 319 g/mol. The van der Waals surface area contributed by atoms with E-state index in [0.717, 1.165) is 24.9 Å². The number of aliphatic hydroxyl groups excluding tert-OH is 1. The molecule has 126 valence electrons. The van der Waals surface area contributed by atoms with E-state index in [1.165, 1.54) is 0 Å². The van der Waals surface area contributed by atoms with E-state index in [9.17, 15) is 9.90 Å². The molecular weight excluding hydrogens is 294 g/mol. The molecule has 2 heterocycles. The molecule has 2 fully saturated rings. The number of epoxide rings is 1. The minimum atomic E-state index is -0.606. The van der Waals surface area contributed by atoms with Gasteiger partial charge in [-0.1, -0.05) is 30.3 Å². The van der Waals surface area contributed by atoms with Gasteiger partial charge in [0.15, 0.2) is 0 Å². The van der Waals surface area contributed by atoms with Gasteiger partial charge in [-0.25, -0.2) is 0 Å². The Labute approximate surface area is 137 Å². The lowest BCUT2D eigenvalue weighted by Crippen LogP contribution is -2.46. The minimum Gasteiger partial charge on any atom is -0.462 e. The number of esters is 1. The lowest BCUT2D eigenvalue weighted by atomic mass is 9.95. The zero-order valence-electron chi connectivity index (χ0n) is 13.7. The lowest BCUT2D eigenvalue weighted by molar-refractivity contribution is -0.155. The maximum atomic E-state index is 12.5. The van der Waals surface area contributed by atoms with Gasteiger partial charge in [0, 0.05) is 19.0 Å². The van der Waals surface area contributed by atoms with Crippen molar-refractivity contribution in [2.45, 2.75) is 50.0 Å². The Morgan fingerprint density at radius 2 is 2.13 bits per heavy atom. The lowest BCUT2D eigenvalue weighted by Gasteiger charge is -2.36. The van der Waals surface area contributed by atoms with Crippen molar-refractivity contribution in [2.75, 3.05) is 20.2 Å². The third-order valence-corrected chi connectivity index (χ3v) is 4.96. The highest BCUT2D eigenvalue weighted by Gasteiger charge is 2.46. The van der Waals surface area contributed by atoms with Crippen LogP contribution in [0.1, 0.15) is 31.2 Å². The largest absolute Gasteiger partial charge is 0.462 e. The van der Waals surface area contributed by atoms with Crippen LogP contribution in [0.5, 0.6) is 0 Å². The van der Waals surface area contributed by atoms with Crippen molar-refractivity contribution in [1.29, 1.82) is 0 Å². The average molecular weight is 319 g/mol. The van der Waals surface area contributed by atoms with Crippen LogP contribution in [0.2, 0.25) is 0 Å². The van der Waals surface area contributed by atoms with Gasteiger partial charge in [-0.15, -0.1) is 0 Å². The number of hydrogen-bond acceptors (Lipinski definition) is 5. The van der Waals surface area contributed by atoms with Crippen LogP contribution in [0, 0.1) is 0 Å². The Morgan fingerprint density at radius 3 is 2.74 bits per heavy atom. The summed E-state index contributed by atoms with van der Waals surface area (Å²) >= 11 is 0. The summed E-state index contributed by atoms with van der Waals surface area (Å²) in [5.74, 6) is -0.942. The quantitative estimate of drug-likeness (QED) is 0.659. The number of benzene rings is 1. The van der Waals surface area contributed by atoms with E-state index in [4.69, 9.17) is 9.47 Å². The molecule has 0 saturated carbocycles. The number of likely N-dealkylation sites (N-methyl/N-ethyl adjacent to an activating group) is 1. The molecule has 0 bridgehead atoms. The summed E-state index contributed by atoms with van der Waals surface area (Å²) in [5, 5.41) is 9.58. The van der Waals surface area contributed by atoms with Crippen LogP contribution in [0.25, 0.3) is 0 Å². The van der Waals surface area contributed by atoms with Crippen molar-refractivity contribution >= 4 is 5.97 Å². The zero-order chi connectivity index (χ0) is 16.4. The number of aliphatic hydroxyl groups is 1. The predicted molar refractivity (Wildman–Crippen MR) is 86.1 cm³/mol. The number of likely N-dealkylation sites (tertiary alicyclic amines) is 1. The topological polar surface area (TPSA) is 62.3 Å². The molecule has 1 aromatic rings. The molecule has 2 aliphatic heterocycles. The fourth-order valence-electron chi connectivity index (χ4n) is 3.43. The second-order valence-corrected chi connectivity index (χ2v) is 6.58. The van der Waals surface area contributed by atoms with Crippen molar-refractivity contribution in [1.82, 2.24) is 4.90 Å². The fourth-order valence-corrected chi connectivity index (χ4v) is 3.43. The van der Waals surface area contributed by atoms with Crippen molar-refractivity contribution < 1.29 is 19.4 Å². The summed E-state index contributed by atoms with van der Waals surface area (Å²) < 4.78 is 11.3. The van der Waals surface area contributed by atoms with Gasteiger partial charge >= 0.3 is 5.97 Å². The molecule has 1 aromatic carbocycles. The van der Waals surface area contributed by atoms with Crippen molar-refractivity contribution in [3.05, 3.63) is 35.9 Å². The number of piperidine rings is 1. The van der Waals surface area contributed by atoms with Crippen molar-refractivity contribution in [2.24, 2.45) is 0 Å². The number of hydrogen-bond donors (Lipinski definition) is 1. The second kappa shape index (κ2) is 6.99. The van der Waals surface area contributed by atoms with Crippen LogP contribution in [0.3, 0.4) is 0 Å². The van der Waals surface area contributed by atoms with Gasteiger partial charge in [-0.3, -0.25) is 4.79 Å². The summed E-state index contributed by atoms with van der Waals surface area (Å²) in [6, 6.07) is 9.62. The Morgan fingerprint density at radius 1 is 1.43 bits per heavy atom. The van der Waals surface area contributed by atoms with Gasteiger partial charge in [-0.05, 0) is 26.0 Å². The van der Waals surface area contributed by atoms with E-state index in [2.05, 4.69) is 18.9 Å². The van der Waals surface area contributed by atoms with Gasteiger partial charge in [0.05, 0.1) is 18.8 Å². The van der Waals surface area contributed by atoms with E-state index in [1.807, 2.05) is 30.3 Å². The van der Waals surface area contributed by atoms with E-state index >= 15 is 0 Å². The number of nitrogens with zero attached hydrogens (tertiary/aromatic N) is 1. The predicted octanol–water partition coefficient (Wildman–Crippen LogP) is 1.56.